The first kappa shape index (κ1) is 20.8. The van der Waals surface area contributed by atoms with Crippen LogP contribution in [0.5, 0.6) is 5.75 Å². The molecule has 0 spiro atoms. The molecule has 2 amide bonds. The van der Waals surface area contributed by atoms with E-state index in [4.69, 9.17) is 14.2 Å². The van der Waals surface area contributed by atoms with Gasteiger partial charge in [-0.25, -0.2) is 19.4 Å². The maximum absolute atomic E-state index is 12.7. The molecule has 0 saturated heterocycles. The van der Waals surface area contributed by atoms with Crippen LogP contribution < -0.4 is 15.4 Å². The number of ether oxygens (including phenoxy) is 3. The average Bonchev–Trinajstić information content (AvgIpc) is 2.77. The Bertz CT molecular complexity index is 959. The normalized spacial score (nSPS) is 15.7. The van der Waals surface area contributed by atoms with Gasteiger partial charge in [-0.3, -0.25) is 4.98 Å². The summed E-state index contributed by atoms with van der Waals surface area (Å²) in [5, 5.41) is 5.22. The minimum Gasteiger partial charge on any atom is -0.497 e. The van der Waals surface area contributed by atoms with Crippen LogP contribution in [-0.4, -0.2) is 48.3 Å². The van der Waals surface area contributed by atoms with Crippen LogP contribution in [0.25, 0.3) is 0 Å². The fraction of sp³-hybridized carbons (Fsp3) is 0.250. The molecule has 10 heteroatoms. The average molecular weight is 412 g/mol. The zero-order chi connectivity index (χ0) is 21.5. The van der Waals surface area contributed by atoms with Gasteiger partial charge in [0.05, 0.1) is 37.2 Å². The molecule has 1 aliphatic rings. The summed E-state index contributed by atoms with van der Waals surface area (Å²) in [4.78, 5) is 44.8. The molecule has 1 unspecified atom stereocenters. The first-order valence-corrected chi connectivity index (χ1v) is 9.08. The minimum atomic E-state index is -0.797. The van der Waals surface area contributed by atoms with Crippen molar-refractivity contribution in [3.05, 3.63) is 65.4 Å². The smallest absolute Gasteiger partial charge is 0.358 e. The molecule has 1 aromatic carbocycles. The number of carbonyl (C=O) groups is 3. The number of benzene rings is 1. The van der Waals surface area contributed by atoms with Gasteiger partial charge in [-0.05, 0) is 24.6 Å². The molecule has 1 aliphatic heterocycles. The largest absolute Gasteiger partial charge is 0.497 e. The topological polar surface area (TPSA) is 129 Å². The zero-order valence-electron chi connectivity index (χ0n) is 16.4. The second-order valence-electron chi connectivity index (χ2n) is 6.08. The van der Waals surface area contributed by atoms with Gasteiger partial charge in [-0.2, -0.15) is 0 Å². The van der Waals surface area contributed by atoms with Crippen molar-refractivity contribution in [2.75, 3.05) is 20.3 Å². The molecule has 0 saturated carbocycles. The van der Waals surface area contributed by atoms with Crippen LogP contribution >= 0.6 is 0 Å². The molecule has 0 aliphatic carbocycles. The Balaban J connectivity index is 1.92. The van der Waals surface area contributed by atoms with E-state index in [0.29, 0.717) is 11.3 Å². The van der Waals surface area contributed by atoms with Gasteiger partial charge in [0.2, 0.25) is 0 Å². The molecular weight excluding hydrogens is 392 g/mol. The van der Waals surface area contributed by atoms with Crippen molar-refractivity contribution in [2.24, 2.45) is 0 Å². The van der Waals surface area contributed by atoms with Gasteiger partial charge in [-0.1, -0.05) is 12.1 Å². The summed E-state index contributed by atoms with van der Waals surface area (Å²) in [7, 11) is 1.54. The van der Waals surface area contributed by atoms with Gasteiger partial charge < -0.3 is 24.8 Å². The monoisotopic (exact) mass is 412 g/mol. The molecule has 156 valence electrons. The maximum atomic E-state index is 12.7. The SMILES string of the molecule is CCOC(=O)C1=C(COC(=O)c2cnccn2)NC(=O)NC1c1ccc(OC)cc1. The quantitative estimate of drug-likeness (QED) is 0.655. The Kier molecular flexibility index (Phi) is 6.58. The fourth-order valence-electron chi connectivity index (χ4n) is 2.84. The highest BCUT2D eigenvalue weighted by Crippen LogP contribution is 2.29. The number of amides is 2. The number of esters is 2. The number of aromatic nitrogens is 2. The number of hydrogen-bond acceptors (Lipinski definition) is 8. The summed E-state index contributed by atoms with van der Waals surface area (Å²) in [6, 6.07) is 5.51. The summed E-state index contributed by atoms with van der Waals surface area (Å²) >= 11 is 0. The third-order valence-corrected chi connectivity index (χ3v) is 4.22. The van der Waals surface area contributed by atoms with E-state index >= 15 is 0 Å². The van der Waals surface area contributed by atoms with Crippen LogP contribution in [0.4, 0.5) is 4.79 Å². The summed E-state index contributed by atoms with van der Waals surface area (Å²) in [6.07, 6.45) is 4.03. The number of carbonyl (C=O) groups excluding carboxylic acids is 3. The summed E-state index contributed by atoms with van der Waals surface area (Å²) in [5.74, 6) is -0.761. The molecule has 2 heterocycles. The van der Waals surface area contributed by atoms with Gasteiger partial charge in [0.25, 0.3) is 0 Å². The molecule has 2 N–H and O–H groups in total. The van der Waals surface area contributed by atoms with E-state index in [9.17, 15) is 14.4 Å². The van der Waals surface area contributed by atoms with Crippen molar-refractivity contribution >= 4 is 18.0 Å². The van der Waals surface area contributed by atoms with Crippen molar-refractivity contribution < 1.29 is 28.6 Å². The summed E-state index contributed by atoms with van der Waals surface area (Å²) in [5.41, 5.74) is 0.887. The first-order chi connectivity index (χ1) is 14.5. The maximum Gasteiger partial charge on any atom is 0.358 e. The fourth-order valence-corrected chi connectivity index (χ4v) is 2.84. The predicted molar refractivity (Wildman–Crippen MR) is 103 cm³/mol. The van der Waals surface area contributed by atoms with Gasteiger partial charge >= 0.3 is 18.0 Å². The summed E-state index contributed by atoms with van der Waals surface area (Å²) < 4.78 is 15.5. The number of hydrogen-bond donors (Lipinski definition) is 2. The molecule has 0 bridgehead atoms. The third-order valence-electron chi connectivity index (χ3n) is 4.22. The van der Waals surface area contributed by atoms with E-state index in [1.807, 2.05) is 0 Å². The molecule has 0 fully saturated rings. The molecule has 1 aromatic heterocycles. The number of methoxy groups -OCH3 is 1. The van der Waals surface area contributed by atoms with E-state index in [1.54, 1.807) is 31.2 Å². The highest BCUT2D eigenvalue weighted by molar-refractivity contribution is 5.95. The second kappa shape index (κ2) is 9.50. The van der Waals surface area contributed by atoms with Gasteiger partial charge in [0, 0.05) is 12.4 Å². The van der Waals surface area contributed by atoms with Crippen molar-refractivity contribution in [1.82, 2.24) is 20.6 Å². The molecule has 2 aromatic rings. The number of nitrogens with zero attached hydrogens (tertiary/aromatic N) is 2. The predicted octanol–water partition coefficient (Wildman–Crippen LogP) is 1.51. The molecule has 3 rings (SSSR count). The van der Waals surface area contributed by atoms with Crippen LogP contribution in [0, 0.1) is 0 Å². The number of urea groups is 1. The Morgan fingerprint density at radius 2 is 1.87 bits per heavy atom. The molecule has 1 atom stereocenters. The first-order valence-electron chi connectivity index (χ1n) is 9.08. The number of rotatable bonds is 7. The molecule has 30 heavy (non-hydrogen) atoms. The molecule has 10 nitrogen and oxygen atoms in total. The Labute approximate surface area is 172 Å². The van der Waals surface area contributed by atoms with E-state index in [1.165, 1.54) is 25.7 Å². The number of nitrogens with one attached hydrogen (secondary N) is 2. The zero-order valence-corrected chi connectivity index (χ0v) is 16.4. The Hall–Kier alpha value is -3.95. The highest BCUT2D eigenvalue weighted by Gasteiger charge is 2.34. The summed E-state index contributed by atoms with van der Waals surface area (Å²) in [6.45, 7) is 1.45. The highest BCUT2D eigenvalue weighted by atomic mass is 16.5. The van der Waals surface area contributed by atoms with Crippen molar-refractivity contribution in [1.29, 1.82) is 0 Å². The van der Waals surface area contributed by atoms with Crippen LogP contribution in [0.2, 0.25) is 0 Å². The molecule has 0 radical (unpaired) electrons. The van der Waals surface area contributed by atoms with E-state index in [-0.39, 0.29) is 30.2 Å². The van der Waals surface area contributed by atoms with Crippen LogP contribution in [0.1, 0.15) is 29.0 Å². The lowest BCUT2D eigenvalue weighted by molar-refractivity contribution is -0.139. The Morgan fingerprint density at radius 1 is 1.10 bits per heavy atom. The van der Waals surface area contributed by atoms with Crippen LogP contribution in [0.15, 0.2) is 54.1 Å². The van der Waals surface area contributed by atoms with Crippen molar-refractivity contribution in [2.45, 2.75) is 13.0 Å². The lowest BCUT2D eigenvalue weighted by Gasteiger charge is -2.29. The van der Waals surface area contributed by atoms with Crippen molar-refractivity contribution in [3.8, 4) is 5.75 Å². The Morgan fingerprint density at radius 3 is 2.50 bits per heavy atom. The van der Waals surface area contributed by atoms with E-state index in [0.717, 1.165) is 0 Å². The lowest BCUT2D eigenvalue weighted by atomic mass is 9.95. The van der Waals surface area contributed by atoms with E-state index in [2.05, 4.69) is 20.6 Å². The van der Waals surface area contributed by atoms with Gasteiger partial charge in [0.1, 0.15) is 12.4 Å². The second-order valence-corrected chi connectivity index (χ2v) is 6.08. The third kappa shape index (κ3) is 4.72. The van der Waals surface area contributed by atoms with Gasteiger partial charge in [-0.15, -0.1) is 0 Å². The van der Waals surface area contributed by atoms with Crippen molar-refractivity contribution in [3.63, 3.8) is 0 Å². The van der Waals surface area contributed by atoms with Gasteiger partial charge in [0.15, 0.2) is 5.69 Å². The van der Waals surface area contributed by atoms with Crippen LogP contribution in [0.3, 0.4) is 0 Å². The van der Waals surface area contributed by atoms with Crippen LogP contribution in [-0.2, 0) is 14.3 Å². The lowest BCUT2D eigenvalue weighted by Crippen LogP contribution is -2.47. The minimum absolute atomic E-state index is 0.00255. The standard InChI is InChI=1S/C20H20N4O6/c1-3-29-19(26)16-15(11-30-18(25)14-10-21-8-9-22-14)23-20(27)24-17(16)12-4-6-13(28-2)7-5-12/h4-10,17H,3,11H2,1-2H3,(H2,23,24,27). The van der Waals surface area contributed by atoms with E-state index < -0.39 is 24.0 Å². The molecular formula is C20H20N4O6.